The maximum Gasteiger partial charge on any atom is 0.307 e. The molecule has 13 heavy (non-hydrogen) atoms. The van der Waals surface area contributed by atoms with E-state index in [0.717, 1.165) is 11.6 Å². The lowest BCUT2D eigenvalue weighted by Gasteiger charge is -2.14. The lowest BCUT2D eigenvalue weighted by Crippen LogP contribution is -2.23. The van der Waals surface area contributed by atoms with Gasteiger partial charge in [0.05, 0.1) is 0 Å². The number of hydrogen-bond acceptors (Lipinski definition) is 0. The summed E-state index contributed by atoms with van der Waals surface area (Å²) in [5.74, 6) is 0.550. The number of rotatable bonds is 3. The SMILES string of the molecule is CCC(C)c1ccccc1[Si](Cl)Cl. The third-order valence-corrected chi connectivity index (χ3v) is 4.39. The van der Waals surface area contributed by atoms with Gasteiger partial charge in [-0.05, 0) is 23.1 Å². The minimum Gasteiger partial charge on any atom is -0.140 e. The van der Waals surface area contributed by atoms with E-state index < -0.39 is 7.42 Å². The van der Waals surface area contributed by atoms with Gasteiger partial charge in [0.2, 0.25) is 0 Å². The van der Waals surface area contributed by atoms with E-state index in [4.69, 9.17) is 22.2 Å². The third kappa shape index (κ3) is 2.73. The van der Waals surface area contributed by atoms with Crippen LogP contribution in [0.15, 0.2) is 24.3 Å². The molecule has 1 atom stereocenters. The van der Waals surface area contributed by atoms with Gasteiger partial charge in [-0.15, -0.1) is 22.2 Å². The van der Waals surface area contributed by atoms with Gasteiger partial charge in [0.25, 0.3) is 0 Å². The van der Waals surface area contributed by atoms with Gasteiger partial charge in [0, 0.05) is 0 Å². The Labute approximate surface area is 90.9 Å². The fraction of sp³-hybridized carbons (Fsp3) is 0.400. The second kappa shape index (κ2) is 5.04. The Hall–Kier alpha value is 0.0169. The van der Waals surface area contributed by atoms with Crippen LogP contribution < -0.4 is 5.19 Å². The van der Waals surface area contributed by atoms with Crippen molar-refractivity contribution >= 4 is 34.8 Å². The molecule has 0 aliphatic rings. The van der Waals surface area contributed by atoms with Crippen LogP contribution in [-0.2, 0) is 0 Å². The highest BCUT2D eigenvalue weighted by Gasteiger charge is 2.15. The van der Waals surface area contributed by atoms with E-state index in [1.54, 1.807) is 0 Å². The minimum atomic E-state index is -1.35. The van der Waals surface area contributed by atoms with Crippen LogP contribution in [0.4, 0.5) is 0 Å². The van der Waals surface area contributed by atoms with Gasteiger partial charge < -0.3 is 0 Å². The quantitative estimate of drug-likeness (QED) is 0.553. The van der Waals surface area contributed by atoms with E-state index in [9.17, 15) is 0 Å². The highest BCUT2D eigenvalue weighted by molar-refractivity contribution is 7.39. The molecule has 1 rings (SSSR count). The summed E-state index contributed by atoms with van der Waals surface area (Å²) >= 11 is 12.0. The van der Waals surface area contributed by atoms with Crippen LogP contribution in [-0.4, -0.2) is 7.42 Å². The number of benzene rings is 1. The Bertz CT molecular complexity index is 273. The molecule has 0 aliphatic heterocycles. The number of hydrogen-bond donors (Lipinski definition) is 0. The molecule has 0 bridgehead atoms. The molecular formula is C10H13Cl2Si. The largest absolute Gasteiger partial charge is 0.307 e. The first-order valence-electron chi connectivity index (χ1n) is 4.44. The molecule has 0 spiro atoms. The molecule has 0 saturated carbocycles. The summed E-state index contributed by atoms with van der Waals surface area (Å²) in [5, 5.41) is 1.14. The standard InChI is InChI=1S/C10H13Cl2Si/c1-3-8(2)9-6-4-5-7-10(9)13(11)12/h4-8H,3H2,1-2H3. The molecule has 0 aliphatic carbocycles. The summed E-state index contributed by atoms with van der Waals surface area (Å²) in [6.45, 7) is 4.38. The van der Waals surface area contributed by atoms with E-state index in [1.807, 2.05) is 18.2 Å². The average Bonchev–Trinajstić information content (AvgIpc) is 2.16. The second-order valence-corrected chi connectivity index (χ2v) is 7.06. The van der Waals surface area contributed by atoms with Crippen molar-refractivity contribution in [3.05, 3.63) is 29.8 Å². The van der Waals surface area contributed by atoms with Crippen molar-refractivity contribution in [1.29, 1.82) is 0 Å². The molecule has 3 heteroatoms. The van der Waals surface area contributed by atoms with Crippen LogP contribution in [0.5, 0.6) is 0 Å². The Kier molecular flexibility index (Phi) is 4.30. The zero-order valence-corrected chi connectivity index (χ0v) is 10.4. The molecule has 0 aromatic heterocycles. The summed E-state index contributed by atoms with van der Waals surface area (Å²) in [4.78, 5) is 0. The van der Waals surface area contributed by atoms with Crippen LogP contribution in [0.2, 0.25) is 0 Å². The molecule has 1 aromatic rings. The van der Waals surface area contributed by atoms with Crippen molar-refractivity contribution in [2.45, 2.75) is 26.2 Å². The smallest absolute Gasteiger partial charge is 0.140 e. The van der Waals surface area contributed by atoms with E-state index in [0.29, 0.717) is 5.92 Å². The van der Waals surface area contributed by atoms with Crippen LogP contribution in [0.3, 0.4) is 0 Å². The average molecular weight is 232 g/mol. The van der Waals surface area contributed by atoms with Crippen LogP contribution >= 0.6 is 22.2 Å². The molecule has 0 N–H and O–H groups in total. The first-order valence-corrected chi connectivity index (χ1v) is 7.96. The molecule has 0 nitrogen and oxygen atoms in total. The van der Waals surface area contributed by atoms with Gasteiger partial charge >= 0.3 is 7.42 Å². The molecule has 0 fully saturated rings. The van der Waals surface area contributed by atoms with E-state index >= 15 is 0 Å². The van der Waals surface area contributed by atoms with Crippen LogP contribution in [0.1, 0.15) is 31.7 Å². The summed E-state index contributed by atoms with van der Waals surface area (Å²) in [6.07, 6.45) is 1.12. The molecular weight excluding hydrogens is 219 g/mol. The maximum absolute atomic E-state index is 5.98. The molecule has 71 valence electrons. The van der Waals surface area contributed by atoms with Crippen molar-refractivity contribution < 1.29 is 0 Å². The Morgan fingerprint density at radius 2 is 1.92 bits per heavy atom. The molecule has 0 saturated heterocycles. The predicted molar refractivity (Wildman–Crippen MR) is 62.2 cm³/mol. The van der Waals surface area contributed by atoms with E-state index in [1.165, 1.54) is 5.56 Å². The fourth-order valence-electron chi connectivity index (χ4n) is 1.32. The summed E-state index contributed by atoms with van der Waals surface area (Å²) < 4.78 is 0. The van der Waals surface area contributed by atoms with E-state index in [2.05, 4.69) is 19.9 Å². The lowest BCUT2D eigenvalue weighted by atomic mass is 9.99. The van der Waals surface area contributed by atoms with Gasteiger partial charge in [0.15, 0.2) is 0 Å². The molecule has 1 radical (unpaired) electrons. The van der Waals surface area contributed by atoms with Crippen LogP contribution in [0, 0.1) is 0 Å². The molecule has 0 heterocycles. The van der Waals surface area contributed by atoms with Gasteiger partial charge in [-0.25, -0.2) is 0 Å². The zero-order chi connectivity index (χ0) is 9.84. The summed E-state index contributed by atoms with van der Waals surface area (Å²) in [5.41, 5.74) is 1.31. The van der Waals surface area contributed by atoms with E-state index in [-0.39, 0.29) is 0 Å². The Morgan fingerprint density at radius 3 is 2.46 bits per heavy atom. The van der Waals surface area contributed by atoms with Gasteiger partial charge in [0.1, 0.15) is 0 Å². The predicted octanol–water partition coefficient (Wildman–Crippen LogP) is 3.37. The molecule has 0 amide bonds. The van der Waals surface area contributed by atoms with Gasteiger partial charge in [-0.1, -0.05) is 38.1 Å². The van der Waals surface area contributed by atoms with Crippen molar-refractivity contribution in [3.63, 3.8) is 0 Å². The molecule has 1 unspecified atom stereocenters. The zero-order valence-electron chi connectivity index (χ0n) is 7.85. The Morgan fingerprint density at radius 1 is 1.31 bits per heavy atom. The lowest BCUT2D eigenvalue weighted by molar-refractivity contribution is 0.738. The van der Waals surface area contributed by atoms with Crippen molar-refractivity contribution in [1.82, 2.24) is 0 Å². The fourth-order valence-corrected chi connectivity index (χ4v) is 3.12. The topological polar surface area (TPSA) is 0 Å². The number of halogens is 2. The highest BCUT2D eigenvalue weighted by Crippen LogP contribution is 2.18. The summed E-state index contributed by atoms with van der Waals surface area (Å²) in [7, 11) is -1.35. The van der Waals surface area contributed by atoms with Gasteiger partial charge in [-0.2, -0.15) is 0 Å². The third-order valence-electron chi connectivity index (χ3n) is 2.31. The monoisotopic (exact) mass is 231 g/mol. The summed E-state index contributed by atoms with van der Waals surface area (Å²) in [6, 6.07) is 8.20. The van der Waals surface area contributed by atoms with Crippen LogP contribution in [0.25, 0.3) is 0 Å². The second-order valence-electron chi connectivity index (χ2n) is 3.16. The first-order chi connectivity index (χ1) is 6.16. The highest BCUT2D eigenvalue weighted by atomic mass is 35.7. The van der Waals surface area contributed by atoms with Crippen molar-refractivity contribution in [2.24, 2.45) is 0 Å². The first kappa shape index (κ1) is 11.1. The van der Waals surface area contributed by atoms with Gasteiger partial charge in [-0.3, -0.25) is 0 Å². The van der Waals surface area contributed by atoms with Crippen molar-refractivity contribution in [3.8, 4) is 0 Å². The molecule has 1 aromatic carbocycles. The van der Waals surface area contributed by atoms with Crippen molar-refractivity contribution in [2.75, 3.05) is 0 Å². The Balaban J connectivity index is 3.04. The normalized spacial score (nSPS) is 13.3. The minimum absolute atomic E-state index is 0.550. The maximum atomic E-state index is 5.98.